The van der Waals surface area contributed by atoms with Crippen molar-refractivity contribution in [1.29, 1.82) is 0 Å². The van der Waals surface area contributed by atoms with Crippen molar-refractivity contribution in [3.05, 3.63) is 18.0 Å². The quantitative estimate of drug-likeness (QED) is 0.866. The number of aryl methyl sites for hydroxylation is 1. The van der Waals surface area contributed by atoms with Crippen molar-refractivity contribution < 1.29 is 0 Å². The van der Waals surface area contributed by atoms with E-state index in [2.05, 4.69) is 27.1 Å². The van der Waals surface area contributed by atoms with E-state index in [9.17, 15) is 0 Å². The van der Waals surface area contributed by atoms with Crippen molar-refractivity contribution in [2.24, 2.45) is 0 Å². The Kier molecular flexibility index (Phi) is 4.31. The van der Waals surface area contributed by atoms with Gasteiger partial charge in [0.15, 0.2) is 0 Å². The van der Waals surface area contributed by atoms with E-state index in [4.69, 9.17) is 0 Å². The third-order valence-corrected chi connectivity index (χ3v) is 3.24. The fourth-order valence-electron chi connectivity index (χ4n) is 2.27. The maximum absolute atomic E-state index is 4.29. The molecule has 1 fully saturated rings. The van der Waals surface area contributed by atoms with Crippen molar-refractivity contribution >= 4 is 5.95 Å². The molecule has 2 heterocycles. The first-order valence-corrected chi connectivity index (χ1v) is 6.55. The van der Waals surface area contributed by atoms with Crippen molar-refractivity contribution in [3.8, 4) is 0 Å². The predicted octanol–water partition coefficient (Wildman–Crippen LogP) is 2.07. The van der Waals surface area contributed by atoms with E-state index in [1.165, 1.54) is 38.9 Å². The SMILES string of the molecule is CCCN1CCC(Nc2ncc(C)cn2)CC1. The second-order valence-corrected chi connectivity index (χ2v) is 4.84. The molecule has 1 aliphatic rings. The van der Waals surface area contributed by atoms with Gasteiger partial charge in [0.1, 0.15) is 0 Å². The Labute approximate surface area is 103 Å². The summed E-state index contributed by atoms with van der Waals surface area (Å²) in [5, 5.41) is 3.42. The molecule has 0 amide bonds. The molecule has 0 atom stereocenters. The third-order valence-electron chi connectivity index (χ3n) is 3.24. The summed E-state index contributed by atoms with van der Waals surface area (Å²) in [5.41, 5.74) is 1.10. The van der Waals surface area contributed by atoms with Gasteiger partial charge < -0.3 is 10.2 Å². The van der Waals surface area contributed by atoms with E-state index in [1.807, 2.05) is 19.3 Å². The number of nitrogens with one attached hydrogen (secondary N) is 1. The zero-order valence-corrected chi connectivity index (χ0v) is 10.8. The van der Waals surface area contributed by atoms with Gasteiger partial charge in [-0.2, -0.15) is 0 Å². The first kappa shape index (κ1) is 12.3. The molecular formula is C13H22N4. The van der Waals surface area contributed by atoms with Crippen LogP contribution in [0.4, 0.5) is 5.95 Å². The van der Waals surface area contributed by atoms with Gasteiger partial charge in [-0.05, 0) is 38.3 Å². The minimum Gasteiger partial charge on any atom is -0.351 e. The highest BCUT2D eigenvalue weighted by Gasteiger charge is 2.18. The summed E-state index contributed by atoms with van der Waals surface area (Å²) in [6.45, 7) is 7.86. The summed E-state index contributed by atoms with van der Waals surface area (Å²) < 4.78 is 0. The Balaban J connectivity index is 1.79. The summed E-state index contributed by atoms with van der Waals surface area (Å²) >= 11 is 0. The Morgan fingerprint density at radius 1 is 1.29 bits per heavy atom. The van der Waals surface area contributed by atoms with Crippen molar-refractivity contribution in [3.63, 3.8) is 0 Å². The van der Waals surface area contributed by atoms with E-state index in [0.29, 0.717) is 6.04 Å². The fraction of sp³-hybridized carbons (Fsp3) is 0.692. The van der Waals surface area contributed by atoms with Gasteiger partial charge in [-0.25, -0.2) is 9.97 Å². The van der Waals surface area contributed by atoms with Crippen LogP contribution >= 0.6 is 0 Å². The minimum atomic E-state index is 0.533. The molecule has 1 saturated heterocycles. The lowest BCUT2D eigenvalue weighted by Crippen LogP contribution is -2.39. The lowest BCUT2D eigenvalue weighted by atomic mass is 10.1. The number of piperidine rings is 1. The molecule has 1 aliphatic heterocycles. The van der Waals surface area contributed by atoms with Crippen molar-refractivity contribution in [2.75, 3.05) is 25.0 Å². The number of hydrogen-bond donors (Lipinski definition) is 1. The first-order valence-electron chi connectivity index (χ1n) is 6.55. The molecule has 4 nitrogen and oxygen atoms in total. The van der Waals surface area contributed by atoms with Gasteiger partial charge in [0, 0.05) is 31.5 Å². The van der Waals surface area contributed by atoms with Gasteiger partial charge in [-0.1, -0.05) is 6.92 Å². The van der Waals surface area contributed by atoms with Crippen LogP contribution < -0.4 is 5.32 Å². The number of likely N-dealkylation sites (tertiary alicyclic amines) is 1. The van der Waals surface area contributed by atoms with Crippen LogP contribution in [0, 0.1) is 6.92 Å². The molecule has 4 heteroatoms. The third kappa shape index (κ3) is 3.66. The number of aromatic nitrogens is 2. The van der Waals surface area contributed by atoms with Crippen LogP contribution in [0.5, 0.6) is 0 Å². The summed E-state index contributed by atoms with van der Waals surface area (Å²) in [7, 11) is 0. The van der Waals surface area contributed by atoms with E-state index in [-0.39, 0.29) is 0 Å². The number of hydrogen-bond acceptors (Lipinski definition) is 4. The molecule has 1 N–H and O–H groups in total. The first-order chi connectivity index (χ1) is 8.28. The van der Waals surface area contributed by atoms with Crippen LogP contribution in [0.3, 0.4) is 0 Å². The standard InChI is InChI=1S/C13H22N4/c1-3-6-17-7-4-12(5-8-17)16-13-14-9-11(2)10-15-13/h9-10,12H,3-8H2,1-2H3,(H,14,15,16). The second-order valence-electron chi connectivity index (χ2n) is 4.84. The Morgan fingerprint density at radius 3 is 2.53 bits per heavy atom. The highest BCUT2D eigenvalue weighted by Crippen LogP contribution is 2.14. The normalized spacial score (nSPS) is 18.2. The lowest BCUT2D eigenvalue weighted by molar-refractivity contribution is 0.219. The monoisotopic (exact) mass is 234 g/mol. The number of rotatable bonds is 4. The molecule has 1 aromatic heterocycles. The summed E-state index contributed by atoms with van der Waals surface area (Å²) in [6, 6.07) is 0.533. The molecule has 17 heavy (non-hydrogen) atoms. The molecule has 0 unspecified atom stereocenters. The Bertz CT molecular complexity index is 328. The van der Waals surface area contributed by atoms with Crippen molar-refractivity contribution in [2.45, 2.75) is 39.2 Å². The Morgan fingerprint density at radius 2 is 1.94 bits per heavy atom. The lowest BCUT2D eigenvalue weighted by Gasteiger charge is -2.32. The maximum atomic E-state index is 4.29. The zero-order chi connectivity index (χ0) is 12.1. The van der Waals surface area contributed by atoms with Gasteiger partial charge in [0.2, 0.25) is 5.95 Å². The van der Waals surface area contributed by atoms with E-state index in [0.717, 1.165) is 11.5 Å². The molecule has 0 bridgehead atoms. The van der Waals surface area contributed by atoms with Crippen LogP contribution in [0.25, 0.3) is 0 Å². The summed E-state index contributed by atoms with van der Waals surface area (Å²) in [5.74, 6) is 0.768. The molecule has 0 aromatic carbocycles. The average Bonchev–Trinajstić information content (AvgIpc) is 2.35. The molecule has 94 valence electrons. The molecule has 0 spiro atoms. The van der Waals surface area contributed by atoms with E-state index < -0.39 is 0 Å². The van der Waals surface area contributed by atoms with Crippen molar-refractivity contribution in [1.82, 2.24) is 14.9 Å². The van der Waals surface area contributed by atoms with Gasteiger partial charge in [0.25, 0.3) is 0 Å². The van der Waals surface area contributed by atoms with E-state index >= 15 is 0 Å². The zero-order valence-electron chi connectivity index (χ0n) is 10.8. The van der Waals surface area contributed by atoms with Gasteiger partial charge >= 0.3 is 0 Å². The number of anilines is 1. The Hall–Kier alpha value is -1.16. The average molecular weight is 234 g/mol. The van der Waals surface area contributed by atoms with Gasteiger partial charge in [-0.3, -0.25) is 0 Å². The smallest absolute Gasteiger partial charge is 0.222 e. The number of nitrogens with zero attached hydrogens (tertiary/aromatic N) is 3. The molecule has 2 rings (SSSR count). The topological polar surface area (TPSA) is 41.0 Å². The molecule has 1 aromatic rings. The molecular weight excluding hydrogens is 212 g/mol. The predicted molar refractivity (Wildman–Crippen MR) is 70.1 cm³/mol. The van der Waals surface area contributed by atoms with Crippen LogP contribution in [0.15, 0.2) is 12.4 Å². The van der Waals surface area contributed by atoms with Crippen LogP contribution in [-0.4, -0.2) is 40.5 Å². The maximum Gasteiger partial charge on any atom is 0.222 e. The molecule has 0 radical (unpaired) electrons. The minimum absolute atomic E-state index is 0.533. The molecule has 0 aliphatic carbocycles. The van der Waals surface area contributed by atoms with Gasteiger partial charge in [0.05, 0.1) is 0 Å². The van der Waals surface area contributed by atoms with Crippen LogP contribution in [0.2, 0.25) is 0 Å². The molecule has 0 saturated carbocycles. The highest BCUT2D eigenvalue weighted by atomic mass is 15.2. The summed E-state index contributed by atoms with van der Waals surface area (Å²) in [4.78, 5) is 11.1. The largest absolute Gasteiger partial charge is 0.351 e. The van der Waals surface area contributed by atoms with Crippen LogP contribution in [-0.2, 0) is 0 Å². The summed E-state index contributed by atoms with van der Waals surface area (Å²) in [6.07, 6.45) is 7.36. The fourth-order valence-corrected chi connectivity index (χ4v) is 2.27. The second kappa shape index (κ2) is 5.96. The van der Waals surface area contributed by atoms with E-state index in [1.54, 1.807) is 0 Å². The van der Waals surface area contributed by atoms with Gasteiger partial charge in [-0.15, -0.1) is 0 Å². The van der Waals surface area contributed by atoms with Crippen LogP contribution in [0.1, 0.15) is 31.7 Å². The highest BCUT2D eigenvalue weighted by molar-refractivity contribution is 5.26.